The molecule has 5 heteroatoms. The lowest BCUT2D eigenvalue weighted by Crippen LogP contribution is -2.44. The van der Waals surface area contributed by atoms with Gasteiger partial charge in [0.15, 0.2) is 0 Å². The largest absolute Gasteiger partial charge is 0.370 e. The van der Waals surface area contributed by atoms with Crippen LogP contribution >= 0.6 is 0 Å². The van der Waals surface area contributed by atoms with Crippen molar-refractivity contribution in [3.63, 3.8) is 0 Å². The molecule has 1 amide bonds. The molecule has 0 radical (unpaired) electrons. The number of carbonyl (C=O) groups is 1. The Bertz CT molecular complexity index is 865. The van der Waals surface area contributed by atoms with Crippen LogP contribution in [0.4, 0.5) is 0 Å². The Morgan fingerprint density at radius 1 is 1.14 bits per heavy atom. The van der Waals surface area contributed by atoms with E-state index in [4.69, 9.17) is 4.74 Å². The van der Waals surface area contributed by atoms with Crippen LogP contribution in [-0.4, -0.2) is 47.1 Å². The van der Waals surface area contributed by atoms with Crippen LogP contribution in [0.15, 0.2) is 54.7 Å². The molecule has 1 spiro atoms. The summed E-state index contributed by atoms with van der Waals surface area (Å²) in [7, 11) is 0. The molecule has 1 aromatic heterocycles. The molecule has 2 aliphatic rings. The number of nitrogens with one attached hydrogen (secondary N) is 1. The second kappa shape index (κ2) is 9.21. The van der Waals surface area contributed by atoms with Crippen molar-refractivity contribution in [2.24, 2.45) is 0 Å². The molecule has 3 heterocycles. The van der Waals surface area contributed by atoms with Gasteiger partial charge in [-0.25, -0.2) is 0 Å². The van der Waals surface area contributed by atoms with Crippen molar-refractivity contribution >= 4 is 5.91 Å². The lowest BCUT2D eigenvalue weighted by molar-refractivity contribution is -0.117. The molecule has 1 unspecified atom stereocenters. The molecule has 2 aliphatic heterocycles. The molecule has 29 heavy (non-hydrogen) atoms. The molecule has 2 saturated heterocycles. The smallest absolute Gasteiger partial charge is 0.296 e. The average molecular weight is 389 g/mol. The van der Waals surface area contributed by atoms with Crippen LogP contribution in [0, 0.1) is 11.8 Å². The van der Waals surface area contributed by atoms with Gasteiger partial charge >= 0.3 is 0 Å². The minimum atomic E-state index is -0.247. The third kappa shape index (κ3) is 5.44. The summed E-state index contributed by atoms with van der Waals surface area (Å²) in [6.07, 6.45) is 6.08. The first-order chi connectivity index (χ1) is 14.2. The Hall–Kier alpha value is -2.68. The Morgan fingerprint density at radius 2 is 1.93 bits per heavy atom. The molecular weight excluding hydrogens is 362 g/mol. The summed E-state index contributed by atoms with van der Waals surface area (Å²) in [5.74, 6) is 5.30. The molecule has 2 fully saturated rings. The number of nitrogens with zero attached hydrogens (tertiary/aromatic N) is 2. The van der Waals surface area contributed by atoms with Crippen LogP contribution < -0.4 is 5.32 Å². The Balaban J connectivity index is 1.20. The highest BCUT2D eigenvalue weighted by molar-refractivity contribution is 5.94. The highest BCUT2D eigenvalue weighted by Gasteiger charge is 2.42. The summed E-state index contributed by atoms with van der Waals surface area (Å²) in [5, 5.41) is 2.90. The van der Waals surface area contributed by atoms with Gasteiger partial charge in [0, 0.05) is 43.9 Å². The van der Waals surface area contributed by atoms with E-state index in [-0.39, 0.29) is 17.6 Å². The van der Waals surface area contributed by atoms with E-state index in [2.05, 4.69) is 33.1 Å². The fraction of sp³-hybridized carbons (Fsp3) is 0.417. The average Bonchev–Trinajstić information content (AvgIpc) is 3.17. The number of benzene rings is 1. The number of hydrogen-bond acceptors (Lipinski definition) is 4. The summed E-state index contributed by atoms with van der Waals surface area (Å²) in [6, 6.07) is 15.6. The molecule has 1 N–H and O–H groups in total. The molecule has 0 aliphatic carbocycles. The van der Waals surface area contributed by atoms with E-state index in [1.165, 1.54) is 0 Å². The van der Waals surface area contributed by atoms with Crippen molar-refractivity contribution in [2.75, 3.05) is 19.6 Å². The van der Waals surface area contributed by atoms with Crippen molar-refractivity contribution < 1.29 is 9.53 Å². The lowest BCUT2D eigenvalue weighted by Gasteiger charge is -2.39. The summed E-state index contributed by atoms with van der Waals surface area (Å²) in [6.45, 7) is 3.48. The number of piperidine rings is 1. The van der Waals surface area contributed by atoms with Gasteiger partial charge in [0.05, 0.1) is 17.4 Å². The molecule has 0 bridgehead atoms. The fourth-order valence-corrected chi connectivity index (χ4v) is 4.15. The van der Waals surface area contributed by atoms with Gasteiger partial charge in [0.25, 0.3) is 5.91 Å². The van der Waals surface area contributed by atoms with Gasteiger partial charge in [0.1, 0.15) is 0 Å². The van der Waals surface area contributed by atoms with E-state index in [0.29, 0.717) is 6.54 Å². The maximum Gasteiger partial charge on any atom is 0.296 e. The van der Waals surface area contributed by atoms with E-state index >= 15 is 0 Å². The first-order valence-corrected chi connectivity index (χ1v) is 10.4. The second-order valence-electron chi connectivity index (χ2n) is 7.88. The minimum absolute atomic E-state index is 0.0221. The van der Waals surface area contributed by atoms with Crippen molar-refractivity contribution in [1.82, 2.24) is 15.2 Å². The Morgan fingerprint density at radius 3 is 2.69 bits per heavy atom. The van der Waals surface area contributed by atoms with Crippen molar-refractivity contribution in [3.8, 4) is 11.8 Å². The topological polar surface area (TPSA) is 54.5 Å². The van der Waals surface area contributed by atoms with Gasteiger partial charge in [-0.1, -0.05) is 30.2 Å². The highest BCUT2D eigenvalue weighted by Crippen LogP contribution is 2.38. The maximum atomic E-state index is 12.0. The van der Waals surface area contributed by atoms with Crippen LogP contribution in [0.25, 0.3) is 0 Å². The number of rotatable bonds is 4. The molecule has 2 aromatic rings. The predicted molar refractivity (Wildman–Crippen MR) is 112 cm³/mol. The summed E-state index contributed by atoms with van der Waals surface area (Å²) >= 11 is 0. The molecule has 0 saturated carbocycles. The summed E-state index contributed by atoms with van der Waals surface area (Å²) in [5.41, 5.74) is 1.94. The Kier molecular flexibility index (Phi) is 6.24. The van der Waals surface area contributed by atoms with Gasteiger partial charge in [-0.2, -0.15) is 0 Å². The lowest BCUT2D eigenvalue weighted by atomic mass is 9.88. The molecular formula is C24H27N3O2. The number of aromatic nitrogens is 1. The van der Waals surface area contributed by atoms with Crippen LogP contribution in [0.3, 0.4) is 0 Å². The monoisotopic (exact) mass is 389 g/mol. The number of hydrogen-bond donors (Lipinski definition) is 1. The molecule has 4 rings (SSSR count). The van der Waals surface area contributed by atoms with Crippen LogP contribution in [-0.2, 0) is 16.1 Å². The van der Waals surface area contributed by atoms with Gasteiger partial charge in [-0.05, 0) is 49.9 Å². The first-order valence-electron chi connectivity index (χ1n) is 10.4. The van der Waals surface area contributed by atoms with Crippen molar-refractivity contribution in [1.29, 1.82) is 0 Å². The van der Waals surface area contributed by atoms with Gasteiger partial charge in [-0.15, -0.1) is 0 Å². The van der Waals surface area contributed by atoms with E-state index in [0.717, 1.165) is 56.6 Å². The fourth-order valence-electron chi connectivity index (χ4n) is 4.15. The van der Waals surface area contributed by atoms with Crippen LogP contribution in [0.5, 0.6) is 0 Å². The summed E-state index contributed by atoms with van der Waals surface area (Å²) < 4.78 is 6.40. The zero-order valence-electron chi connectivity index (χ0n) is 16.6. The van der Waals surface area contributed by atoms with E-state index in [1.807, 2.05) is 48.7 Å². The van der Waals surface area contributed by atoms with Crippen molar-refractivity contribution in [3.05, 3.63) is 66.0 Å². The zero-order valence-corrected chi connectivity index (χ0v) is 16.6. The number of amides is 1. The highest BCUT2D eigenvalue weighted by atomic mass is 16.5. The molecule has 5 nitrogen and oxygen atoms in total. The first kappa shape index (κ1) is 19.6. The Labute approximate surface area is 172 Å². The van der Waals surface area contributed by atoms with E-state index in [1.54, 1.807) is 0 Å². The standard InChI is InChI=1S/C24H27N3O2/c28-23(10-9-20-6-2-1-3-7-20)26-18-22-11-12-24(29-22)13-16-27(17-14-24)19-21-8-4-5-15-25-21/h1-8,15,22H,11-14,16-19H2,(H,26,28). The SMILES string of the molecule is O=C(C#Cc1ccccc1)NCC1CCC2(CCN(Cc3ccccn3)CC2)O1. The van der Waals surface area contributed by atoms with Crippen molar-refractivity contribution in [2.45, 2.75) is 43.9 Å². The molecule has 1 aromatic carbocycles. The van der Waals surface area contributed by atoms with Gasteiger partial charge in [0.2, 0.25) is 0 Å². The van der Waals surface area contributed by atoms with Crippen LogP contribution in [0.2, 0.25) is 0 Å². The number of ether oxygens (including phenoxy) is 1. The maximum absolute atomic E-state index is 12.0. The van der Waals surface area contributed by atoms with Gasteiger partial charge in [-0.3, -0.25) is 14.7 Å². The third-order valence-electron chi connectivity index (χ3n) is 5.80. The minimum Gasteiger partial charge on any atom is -0.370 e. The number of carbonyl (C=O) groups excluding carboxylic acids is 1. The van der Waals surface area contributed by atoms with E-state index < -0.39 is 0 Å². The quantitative estimate of drug-likeness (QED) is 0.817. The van der Waals surface area contributed by atoms with Gasteiger partial charge < -0.3 is 10.1 Å². The molecule has 1 atom stereocenters. The third-order valence-corrected chi connectivity index (χ3v) is 5.80. The summed E-state index contributed by atoms with van der Waals surface area (Å²) in [4.78, 5) is 18.9. The molecule has 150 valence electrons. The predicted octanol–water partition coefficient (Wildman–Crippen LogP) is 2.76. The zero-order chi connectivity index (χ0) is 19.9. The normalized spacial score (nSPS) is 20.8. The number of pyridine rings is 1. The van der Waals surface area contributed by atoms with E-state index in [9.17, 15) is 4.79 Å². The number of likely N-dealkylation sites (tertiary alicyclic amines) is 1. The second-order valence-corrected chi connectivity index (χ2v) is 7.88. The van der Waals surface area contributed by atoms with Crippen LogP contribution in [0.1, 0.15) is 36.9 Å².